The molecule has 0 atom stereocenters. The summed E-state index contributed by atoms with van der Waals surface area (Å²) in [5.41, 5.74) is 10.0. The molecule has 0 aliphatic rings. The van der Waals surface area contributed by atoms with Gasteiger partial charge in [0.05, 0.1) is 31.3 Å². The lowest BCUT2D eigenvalue weighted by molar-refractivity contribution is -0.144. The third kappa shape index (κ3) is 5.48. The number of unbranched alkanes of at least 4 members (excludes halogenated alkanes) is 1. The summed E-state index contributed by atoms with van der Waals surface area (Å²) in [5.74, 6) is -0.194. The number of hydrogen-bond donors (Lipinski definition) is 0. The van der Waals surface area contributed by atoms with Crippen LogP contribution in [0.15, 0.2) is 128 Å². The molecular weight excluding hydrogens is 516 g/mol. The number of aryl methyl sites for hydroxylation is 1. The highest BCUT2D eigenvalue weighted by Gasteiger charge is 2.26. The fraction of sp³-hybridized carbons (Fsp3) is 0.158. The van der Waals surface area contributed by atoms with Crippen LogP contribution in [0.25, 0.3) is 55.4 Å². The van der Waals surface area contributed by atoms with E-state index in [9.17, 15) is 4.79 Å². The Morgan fingerprint density at radius 2 is 1.10 bits per heavy atom. The molecule has 0 aliphatic heterocycles. The maximum absolute atomic E-state index is 12.7. The van der Waals surface area contributed by atoms with Crippen LogP contribution < -0.4 is 0 Å². The number of aromatic nitrogens is 2. The Balaban J connectivity index is 1.70. The number of rotatable bonds is 10. The fourth-order valence-corrected chi connectivity index (χ4v) is 5.68. The van der Waals surface area contributed by atoms with Crippen LogP contribution in [0.1, 0.15) is 26.2 Å². The third-order valence-corrected chi connectivity index (χ3v) is 7.63. The van der Waals surface area contributed by atoms with Crippen LogP contribution in [-0.2, 0) is 16.1 Å². The number of benzene rings is 5. The molecule has 42 heavy (non-hydrogen) atoms. The van der Waals surface area contributed by atoms with Crippen LogP contribution in [0.2, 0.25) is 0 Å². The van der Waals surface area contributed by atoms with Gasteiger partial charge in [-0.2, -0.15) is 5.10 Å². The number of esters is 1. The molecule has 0 N–H and O–H groups in total. The van der Waals surface area contributed by atoms with E-state index < -0.39 is 0 Å². The molecule has 0 amide bonds. The minimum absolute atomic E-state index is 0.194. The van der Waals surface area contributed by atoms with Gasteiger partial charge in [0.15, 0.2) is 0 Å². The molecule has 0 bridgehead atoms. The summed E-state index contributed by atoms with van der Waals surface area (Å²) in [7, 11) is 0. The second-order valence-electron chi connectivity index (χ2n) is 10.4. The van der Waals surface area contributed by atoms with E-state index in [0.29, 0.717) is 13.2 Å². The average Bonchev–Trinajstić information content (AvgIpc) is 3.48. The standard InChI is InChI=1S/C38H34N2O2/c1-2-3-26-42-33(41)24-25-40-38-32(27-39-40)34(28-16-8-4-9-17-28)35(29-18-10-5-11-19-29)36(30-20-12-6-13-21-30)37(38)31-22-14-7-15-23-31/h4-23,27H,2-3,24-26H2,1H3. The number of carbonyl (C=O) groups excluding carboxylic acids is 1. The molecule has 0 aliphatic carbocycles. The molecule has 6 aromatic rings. The highest BCUT2D eigenvalue weighted by molar-refractivity contribution is 6.17. The Bertz CT molecular complexity index is 1780. The van der Waals surface area contributed by atoms with Gasteiger partial charge in [0.1, 0.15) is 0 Å². The van der Waals surface area contributed by atoms with Gasteiger partial charge < -0.3 is 4.74 Å². The van der Waals surface area contributed by atoms with Crippen LogP contribution in [0.4, 0.5) is 0 Å². The second kappa shape index (κ2) is 12.7. The molecule has 0 fully saturated rings. The normalized spacial score (nSPS) is 11.1. The fourth-order valence-electron chi connectivity index (χ4n) is 5.68. The van der Waals surface area contributed by atoms with E-state index in [-0.39, 0.29) is 12.4 Å². The van der Waals surface area contributed by atoms with Crippen molar-refractivity contribution in [3.8, 4) is 44.5 Å². The maximum atomic E-state index is 12.7. The summed E-state index contributed by atoms with van der Waals surface area (Å²) in [6, 6.07) is 42.3. The van der Waals surface area contributed by atoms with Gasteiger partial charge in [0.2, 0.25) is 0 Å². The topological polar surface area (TPSA) is 44.1 Å². The number of ether oxygens (including phenoxy) is 1. The SMILES string of the molecule is CCCCOC(=O)CCn1ncc2c(-c3ccccc3)c(-c3ccccc3)c(-c3ccccc3)c(-c3ccccc3)c21. The van der Waals surface area contributed by atoms with E-state index >= 15 is 0 Å². The molecule has 4 nitrogen and oxygen atoms in total. The molecule has 208 valence electrons. The first kappa shape index (κ1) is 27.2. The highest BCUT2D eigenvalue weighted by Crippen LogP contribution is 2.50. The lowest BCUT2D eigenvalue weighted by Crippen LogP contribution is -2.11. The van der Waals surface area contributed by atoms with Crippen LogP contribution >= 0.6 is 0 Å². The van der Waals surface area contributed by atoms with Crippen molar-refractivity contribution < 1.29 is 9.53 Å². The molecule has 4 heteroatoms. The molecule has 0 saturated carbocycles. The summed E-state index contributed by atoms with van der Waals surface area (Å²) < 4.78 is 7.48. The van der Waals surface area contributed by atoms with Gasteiger partial charge in [0.25, 0.3) is 0 Å². The zero-order chi connectivity index (χ0) is 28.7. The highest BCUT2D eigenvalue weighted by atomic mass is 16.5. The molecule has 6 rings (SSSR count). The quantitative estimate of drug-likeness (QED) is 0.126. The van der Waals surface area contributed by atoms with Crippen molar-refractivity contribution in [1.82, 2.24) is 9.78 Å². The Kier molecular flexibility index (Phi) is 8.23. The molecule has 0 spiro atoms. The van der Waals surface area contributed by atoms with Gasteiger partial charge >= 0.3 is 5.97 Å². The number of nitrogens with zero attached hydrogens (tertiary/aromatic N) is 2. The van der Waals surface area contributed by atoms with E-state index in [2.05, 4.69) is 116 Å². The first-order valence-corrected chi connectivity index (χ1v) is 14.7. The van der Waals surface area contributed by atoms with Crippen LogP contribution in [0.3, 0.4) is 0 Å². The average molecular weight is 551 g/mol. The van der Waals surface area contributed by atoms with E-state index in [1.165, 1.54) is 0 Å². The van der Waals surface area contributed by atoms with Crippen molar-refractivity contribution in [2.75, 3.05) is 6.61 Å². The summed E-state index contributed by atoms with van der Waals surface area (Å²) in [4.78, 5) is 12.7. The minimum atomic E-state index is -0.194. The first-order valence-electron chi connectivity index (χ1n) is 14.7. The Labute approximate surface area is 247 Å². The van der Waals surface area contributed by atoms with Gasteiger partial charge in [-0.3, -0.25) is 9.48 Å². The number of carbonyl (C=O) groups is 1. The lowest BCUT2D eigenvalue weighted by atomic mass is 9.80. The Hall–Kier alpha value is -4.96. The van der Waals surface area contributed by atoms with Crippen molar-refractivity contribution >= 4 is 16.9 Å². The van der Waals surface area contributed by atoms with Gasteiger partial charge in [0, 0.05) is 22.1 Å². The molecule has 1 aromatic heterocycles. The second-order valence-corrected chi connectivity index (χ2v) is 10.4. The maximum Gasteiger partial charge on any atom is 0.307 e. The van der Waals surface area contributed by atoms with Gasteiger partial charge in [-0.05, 0) is 34.2 Å². The van der Waals surface area contributed by atoms with Crippen molar-refractivity contribution in [2.45, 2.75) is 32.7 Å². The molecular formula is C38H34N2O2. The lowest BCUT2D eigenvalue weighted by Gasteiger charge is -2.23. The molecule has 0 radical (unpaired) electrons. The predicted octanol–water partition coefficient (Wildman–Crippen LogP) is 9.44. The molecule has 5 aromatic carbocycles. The largest absolute Gasteiger partial charge is 0.466 e. The zero-order valence-electron chi connectivity index (χ0n) is 23.9. The van der Waals surface area contributed by atoms with E-state index in [0.717, 1.165) is 68.3 Å². The number of fused-ring (bicyclic) bond motifs is 1. The zero-order valence-corrected chi connectivity index (χ0v) is 23.9. The summed E-state index contributed by atoms with van der Waals surface area (Å²) in [5, 5.41) is 5.97. The monoisotopic (exact) mass is 550 g/mol. The van der Waals surface area contributed by atoms with Gasteiger partial charge in [-0.25, -0.2) is 0 Å². The van der Waals surface area contributed by atoms with Gasteiger partial charge in [-0.1, -0.05) is 135 Å². The van der Waals surface area contributed by atoms with Crippen LogP contribution in [0.5, 0.6) is 0 Å². The van der Waals surface area contributed by atoms with Crippen LogP contribution in [-0.4, -0.2) is 22.4 Å². The predicted molar refractivity (Wildman–Crippen MR) is 172 cm³/mol. The third-order valence-electron chi connectivity index (χ3n) is 7.63. The Morgan fingerprint density at radius 1 is 0.643 bits per heavy atom. The van der Waals surface area contributed by atoms with Gasteiger partial charge in [-0.15, -0.1) is 0 Å². The molecule has 1 heterocycles. The van der Waals surface area contributed by atoms with Crippen molar-refractivity contribution in [3.05, 3.63) is 128 Å². The van der Waals surface area contributed by atoms with Crippen molar-refractivity contribution in [3.63, 3.8) is 0 Å². The van der Waals surface area contributed by atoms with E-state index in [4.69, 9.17) is 9.84 Å². The smallest absolute Gasteiger partial charge is 0.307 e. The van der Waals surface area contributed by atoms with Crippen molar-refractivity contribution in [1.29, 1.82) is 0 Å². The molecule has 0 saturated heterocycles. The van der Waals surface area contributed by atoms with Crippen LogP contribution in [0, 0.1) is 0 Å². The summed E-state index contributed by atoms with van der Waals surface area (Å²) in [6.45, 7) is 2.98. The van der Waals surface area contributed by atoms with E-state index in [1.807, 2.05) is 23.0 Å². The number of hydrogen-bond acceptors (Lipinski definition) is 3. The Morgan fingerprint density at radius 3 is 1.60 bits per heavy atom. The van der Waals surface area contributed by atoms with Crippen molar-refractivity contribution in [2.24, 2.45) is 0 Å². The summed E-state index contributed by atoms with van der Waals surface area (Å²) in [6.07, 6.45) is 4.09. The van der Waals surface area contributed by atoms with E-state index in [1.54, 1.807) is 0 Å². The molecule has 0 unspecified atom stereocenters. The summed E-state index contributed by atoms with van der Waals surface area (Å²) >= 11 is 0. The first-order chi connectivity index (χ1) is 20.8. The minimum Gasteiger partial charge on any atom is -0.466 e.